The van der Waals surface area contributed by atoms with E-state index in [1.807, 2.05) is 6.92 Å². The van der Waals surface area contributed by atoms with E-state index in [1.165, 1.54) is 0 Å². The van der Waals surface area contributed by atoms with Crippen LogP contribution in [-0.2, 0) is 0 Å². The summed E-state index contributed by atoms with van der Waals surface area (Å²) in [7, 11) is 0. The minimum Gasteiger partial charge on any atom is -0.458 e. The number of aromatic nitrogens is 2. The van der Waals surface area contributed by atoms with Crippen LogP contribution in [0.4, 0.5) is 0 Å². The standard InChI is InChI=1S/C13H10Cl2N2O2S/c1-2-8(18)9-3-4-10(19-9)11-6(14)5-7(15)12-13(11)17-20-16-12/h3-5,8,18H,2H2,1H3. The number of halogens is 2. The zero-order valence-electron chi connectivity index (χ0n) is 10.4. The summed E-state index contributed by atoms with van der Waals surface area (Å²) in [6.45, 7) is 1.88. The van der Waals surface area contributed by atoms with Crippen LogP contribution in [0.15, 0.2) is 22.6 Å². The average molecular weight is 329 g/mol. The van der Waals surface area contributed by atoms with Crippen molar-refractivity contribution >= 4 is 46.0 Å². The normalized spacial score (nSPS) is 13.0. The third-order valence-electron chi connectivity index (χ3n) is 3.03. The number of aliphatic hydroxyl groups is 1. The highest BCUT2D eigenvalue weighted by Gasteiger charge is 2.19. The molecule has 0 aliphatic carbocycles. The number of fused-ring (bicyclic) bond motifs is 1. The van der Waals surface area contributed by atoms with Crippen molar-refractivity contribution < 1.29 is 9.52 Å². The molecule has 1 atom stereocenters. The minimum atomic E-state index is -0.626. The van der Waals surface area contributed by atoms with Gasteiger partial charge in [-0.15, -0.1) is 0 Å². The summed E-state index contributed by atoms with van der Waals surface area (Å²) in [5.41, 5.74) is 1.86. The first-order valence-electron chi connectivity index (χ1n) is 6.00. The van der Waals surface area contributed by atoms with Crippen molar-refractivity contribution in [1.29, 1.82) is 0 Å². The lowest BCUT2D eigenvalue weighted by molar-refractivity contribution is 0.147. The first-order valence-corrected chi connectivity index (χ1v) is 7.49. The molecule has 7 heteroatoms. The van der Waals surface area contributed by atoms with E-state index in [2.05, 4.69) is 8.75 Å². The summed E-state index contributed by atoms with van der Waals surface area (Å²) >= 11 is 13.4. The Labute approximate surface area is 129 Å². The minimum absolute atomic E-state index is 0.446. The summed E-state index contributed by atoms with van der Waals surface area (Å²) in [6.07, 6.45) is -0.0477. The van der Waals surface area contributed by atoms with E-state index in [1.54, 1.807) is 18.2 Å². The second kappa shape index (κ2) is 5.33. The molecular weight excluding hydrogens is 319 g/mol. The van der Waals surface area contributed by atoms with Gasteiger partial charge in [-0.1, -0.05) is 30.1 Å². The SMILES string of the molecule is CCC(O)c1ccc(-c2c(Cl)cc(Cl)c3nsnc23)o1. The van der Waals surface area contributed by atoms with Gasteiger partial charge in [0.15, 0.2) is 0 Å². The lowest BCUT2D eigenvalue weighted by Crippen LogP contribution is -1.91. The topological polar surface area (TPSA) is 59.2 Å². The molecule has 0 fully saturated rings. The first-order chi connectivity index (χ1) is 9.61. The summed E-state index contributed by atoms with van der Waals surface area (Å²) in [4.78, 5) is 0. The molecule has 1 unspecified atom stereocenters. The van der Waals surface area contributed by atoms with E-state index < -0.39 is 6.10 Å². The molecule has 0 bridgehead atoms. The number of benzene rings is 1. The van der Waals surface area contributed by atoms with Gasteiger partial charge in [0.05, 0.1) is 27.3 Å². The van der Waals surface area contributed by atoms with Gasteiger partial charge in [-0.2, -0.15) is 8.75 Å². The zero-order chi connectivity index (χ0) is 14.3. The van der Waals surface area contributed by atoms with Crippen LogP contribution in [0.25, 0.3) is 22.4 Å². The molecular formula is C13H10Cl2N2O2S. The van der Waals surface area contributed by atoms with Crippen molar-refractivity contribution in [3.05, 3.63) is 34.0 Å². The fourth-order valence-corrected chi connectivity index (χ4v) is 3.18. The third kappa shape index (κ3) is 2.20. The number of furan rings is 1. The van der Waals surface area contributed by atoms with Gasteiger partial charge >= 0.3 is 0 Å². The van der Waals surface area contributed by atoms with E-state index in [0.29, 0.717) is 44.6 Å². The molecule has 0 spiro atoms. The summed E-state index contributed by atoms with van der Waals surface area (Å²) in [6, 6.07) is 5.13. The molecule has 0 saturated carbocycles. The zero-order valence-corrected chi connectivity index (χ0v) is 12.8. The quantitative estimate of drug-likeness (QED) is 0.756. The second-order valence-electron chi connectivity index (χ2n) is 4.30. The van der Waals surface area contributed by atoms with E-state index in [4.69, 9.17) is 27.6 Å². The van der Waals surface area contributed by atoms with Crippen molar-refractivity contribution in [3.8, 4) is 11.3 Å². The molecule has 3 rings (SSSR count). The Kier molecular flexibility index (Phi) is 3.69. The average Bonchev–Trinajstić information content (AvgIpc) is 3.07. The maximum absolute atomic E-state index is 9.80. The number of rotatable bonds is 3. The molecule has 0 aliphatic rings. The monoisotopic (exact) mass is 328 g/mol. The highest BCUT2D eigenvalue weighted by Crippen LogP contribution is 2.39. The predicted octanol–water partition coefficient (Wildman–Crippen LogP) is 4.70. The van der Waals surface area contributed by atoms with Gasteiger partial charge in [0.2, 0.25) is 0 Å². The van der Waals surface area contributed by atoms with E-state index in [0.717, 1.165) is 11.7 Å². The van der Waals surface area contributed by atoms with Crippen molar-refractivity contribution in [2.45, 2.75) is 19.4 Å². The van der Waals surface area contributed by atoms with Crippen molar-refractivity contribution in [2.75, 3.05) is 0 Å². The maximum Gasteiger partial charge on any atom is 0.138 e. The van der Waals surface area contributed by atoms with Crippen molar-refractivity contribution in [3.63, 3.8) is 0 Å². The van der Waals surface area contributed by atoms with E-state index in [-0.39, 0.29) is 0 Å². The Bertz CT molecular complexity index is 769. The maximum atomic E-state index is 9.80. The van der Waals surface area contributed by atoms with Crippen LogP contribution in [0, 0.1) is 0 Å². The van der Waals surface area contributed by atoms with Gasteiger partial charge in [-0.05, 0) is 24.6 Å². The number of hydrogen-bond acceptors (Lipinski definition) is 5. The third-order valence-corrected chi connectivity index (χ3v) is 4.15. The van der Waals surface area contributed by atoms with Gasteiger partial charge < -0.3 is 9.52 Å². The van der Waals surface area contributed by atoms with Crippen LogP contribution in [0.2, 0.25) is 10.0 Å². The summed E-state index contributed by atoms with van der Waals surface area (Å²) < 4.78 is 14.1. The molecule has 0 saturated heterocycles. The van der Waals surface area contributed by atoms with E-state index in [9.17, 15) is 5.11 Å². The van der Waals surface area contributed by atoms with Crippen LogP contribution < -0.4 is 0 Å². The fraction of sp³-hybridized carbons (Fsp3) is 0.231. The Morgan fingerprint density at radius 2 is 2.00 bits per heavy atom. The Morgan fingerprint density at radius 1 is 1.25 bits per heavy atom. The van der Waals surface area contributed by atoms with Gasteiger partial charge in [0.1, 0.15) is 28.7 Å². The number of hydrogen-bond donors (Lipinski definition) is 1. The molecule has 0 aliphatic heterocycles. The summed E-state index contributed by atoms with van der Waals surface area (Å²) in [5.74, 6) is 1.05. The van der Waals surface area contributed by atoms with Crippen LogP contribution in [0.3, 0.4) is 0 Å². The van der Waals surface area contributed by atoms with Gasteiger partial charge in [-0.3, -0.25) is 0 Å². The molecule has 1 N–H and O–H groups in total. The smallest absolute Gasteiger partial charge is 0.138 e. The fourth-order valence-electron chi connectivity index (χ4n) is 1.98. The first kappa shape index (κ1) is 13.8. The molecule has 2 aromatic heterocycles. The lowest BCUT2D eigenvalue weighted by Gasteiger charge is -2.05. The Hall–Kier alpha value is -1.14. The van der Waals surface area contributed by atoms with E-state index >= 15 is 0 Å². The Balaban J connectivity index is 2.19. The highest BCUT2D eigenvalue weighted by molar-refractivity contribution is 7.00. The van der Waals surface area contributed by atoms with Crippen LogP contribution >= 0.6 is 34.9 Å². The Morgan fingerprint density at radius 3 is 2.75 bits per heavy atom. The molecule has 1 aromatic carbocycles. The molecule has 4 nitrogen and oxygen atoms in total. The molecule has 3 aromatic rings. The second-order valence-corrected chi connectivity index (χ2v) is 5.65. The lowest BCUT2D eigenvalue weighted by atomic mass is 10.1. The van der Waals surface area contributed by atoms with Crippen LogP contribution in [0.5, 0.6) is 0 Å². The molecule has 104 valence electrons. The van der Waals surface area contributed by atoms with Crippen LogP contribution in [0.1, 0.15) is 25.2 Å². The molecule has 0 amide bonds. The largest absolute Gasteiger partial charge is 0.458 e. The van der Waals surface area contributed by atoms with Gasteiger partial charge in [-0.25, -0.2) is 0 Å². The van der Waals surface area contributed by atoms with Crippen LogP contribution in [-0.4, -0.2) is 13.9 Å². The molecule has 20 heavy (non-hydrogen) atoms. The number of nitrogens with zero attached hydrogens (tertiary/aromatic N) is 2. The molecule has 2 heterocycles. The van der Waals surface area contributed by atoms with Crippen molar-refractivity contribution in [2.24, 2.45) is 0 Å². The summed E-state index contributed by atoms with van der Waals surface area (Å²) in [5, 5.41) is 10.7. The molecule has 0 radical (unpaired) electrons. The predicted molar refractivity (Wildman–Crippen MR) is 80.4 cm³/mol. The number of aliphatic hydroxyl groups excluding tert-OH is 1. The highest BCUT2D eigenvalue weighted by atomic mass is 35.5. The van der Waals surface area contributed by atoms with Crippen molar-refractivity contribution in [1.82, 2.24) is 8.75 Å². The van der Waals surface area contributed by atoms with Gasteiger partial charge in [0, 0.05) is 0 Å². The van der Waals surface area contributed by atoms with Gasteiger partial charge in [0.25, 0.3) is 0 Å².